The second-order valence-corrected chi connectivity index (χ2v) is 8.50. The summed E-state index contributed by atoms with van der Waals surface area (Å²) in [6.45, 7) is 1.14. The zero-order chi connectivity index (χ0) is 15.0. The Kier molecular flexibility index (Phi) is 4.21. The fourth-order valence-corrected chi connectivity index (χ4v) is 4.68. The summed E-state index contributed by atoms with van der Waals surface area (Å²) in [5.41, 5.74) is 0.840. The normalized spacial score (nSPS) is 21.2. The van der Waals surface area contributed by atoms with Crippen molar-refractivity contribution >= 4 is 39.1 Å². The van der Waals surface area contributed by atoms with E-state index in [4.69, 9.17) is 0 Å². The van der Waals surface area contributed by atoms with Crippen LogP contribution >= 0.6 is 27.3 Å². The molecule has 2 heterocycles. The second-order valence-electron chi connectivity index (χ2n) is 6.21. The zero-order valence-corrected chi connectivity index (χ0v) is 14.5. The van der Waals surface area contributed by atoms with Crippen LogP contribution in [0.5, 0.6) is 0 Å². The molecule has 0 bridgehead atoms. The molecule has 1 saturated carbocycles. The van der Waals surface area contributed by atoms with Crippen molar-refractivity contribution in [3.05, 3.63) is 20.8 Å². The van der Waals surface area contributed by atoms with Gasteiger partial charge in [0.2, 0.25) is 11.8 Å². The lowest BCUT2D eigenvalue weighted by Crippen LogP contribution is -2.41. The summed E-state index contributed by atoms with van der Waals surface area (Å²) < 4.78 is 1.10. The number of amides is 2. The van der Waals surface area contributed by atoms with Gasteiger partial charge in [-0.3, -0.25) is 19.4 Å². The molecule has 2 amide bonds. The van der Waals surface area contributed by atoms with Crippen molar-refractivity contribution < 1.29 is 9.59 Å². The lowest BCUT2D eigenvalue weighted by molar-refractivity contribution is -0.143. The van der Waals surface area contributed by atoms with Gasteiger partial charge in [-0.2, -0.15) is 0 Å². The van der Waals surface area contributed by atoms with Crippen molar-refractivity contribution in [2.75, 3.05) is 13.7 Å². The van der Waals surface area contributed by atoms with Crippen LogP contribution in [-0.2, 0) is 16.1 Å². The number of hydrogen-bond acceptors (Lipinski definition) is 4. The van der Waals surface area contributed by atoms with Crippen molar-refractivity contribution in [3.63, 3.8) is 0 Å². The number of carbonyl (C=O) groups is 2. The Morgan fingerprint density at radius 2 is 2.10 bits per heavy atom. The first-order valence-electron chi connectivity index (χ1n) is 7.26. The Bertz CT molecular complexity index is 566. The molecule has 114 valence electrons. The van der Waals surface area contributed by atoms with Crippen LogP contribution in [0.2, 0.25) is 0 Å². The van der Waals surface area contributed by atoms with Crippen molar-refractivity contribution in [1.82, 2.24) is 9.80 Å². The fourth-order valence-electron chi connectivity index (χ4n) is 3.48. The molecule has 0 N–H and O–H groups in total. The molecule has 1 aromatic rings. The van der Waals surface area contributed by atoms with Crippen LogP contribution < -0.4 is 0 Å². The molecule has 4 nitrogen and oxygen atoms in total. The summed E-state index contributed by atoms with van der Waals surface area (Å²) in [4.78, 5) is 28.3. The molecule has 6 heteroatoms. The summed E-state index contributed by atoms with van der Waals surface area (Å²) in [7, 11) is 1.95. The van der Waals surface area contributed by atoms with Gasteiger partial charge in [0, 0.05) is 13.0 Å². The van der Waals surface area contributed by atoms with Gasteiger partial charge in [0.05, 0.1) is 15.9 Å². The predicted molar refractivity (Wildman–Crippen MR) is 85.7 cm³/mol. The lowest BCUT2D eigenvalue weighted by atomic mass is 9.85. The van der Waals surface area contributed by atoms with Crippen LogP contribution in [0.3, 0.4) is 0 Å². The minimum Gasteiger partial charge on any atom is -0.284 e. The first kappa shape index (κ1) is 15.2. The second kappa shape index (κ2) is 5.82. The summed E-state index contributed by atoms with van der Waals surface area (Å²) in [5.74, 6) is 0.0589. The van der Waals surface area contributed by atoms with Crippen LogP contribution in [0, 0.1) is 5.41 Å². The maximum Gasteiger partial charge on any atom is 0.237 e. The fraction of sp³-hybridized carbons (Fsp3) is 0.600. The third kappa shape index (κ3) is 2.94. The van der Waals surface area contributed by atoms with E-state index in [9.17, 15) is 9.59 Å². The largest absolute Gasteiger partial charge is 0.284 e. The van der Waals surface area contributed by atoms with Crippen LogP contribution in [0.25, 0.3) is 0 Å². The Morgan fingerprint density at radius 1 is 1.38 bits per heavy atom. The molecule has 0 radical (unpaired) electrons. The van der Waals surface area contributed by atoms with Gasteiger partial charge in [0.15, 0.2) is 0 Å². The Hall–Kier alpha value is -0.720. The molecule has 0 unspecified atom stereocenters. The van der Waals surface area contributed by atoms with E-state index < -0.39 is 0 Å². The van der Waals surface area contributed by atoms with E-state index in [1.165, 1.54) is 10.5 Å². The number of hydrogen-bond donors (Lipinski definition) is 0. The molecule has 1 aliphatic heterocycles. The van der Waals surface area contributed by atoms with Gasteiger partial charge >= 0.3 is 0 Å². The minimum atomic E-state index is -0.358. The Labute approximate surface area is 137 Å². The van der Waals surface area contributed by atoms with Gasteiger partial charge < -0.3 is 0 Å². The number of imide groups is 1. The lowest BCUT2D eigenvalue weighted by Gasteiger charge is -2.25. The van der Waals surface area contributed by atoms with Gasteiger partial charge in [-0.25, -0.2) is 0 Å². The van der Waals surface area contributed by atoms with Gasteiger partial charge in [-0.05, 0) is 52.8 Å². The van der Waals surface area contributed by atoms with Crippen molar-refractivity contribution in [1.29, 1.82) is 0 Å². The average Bonchev–Trinajstić information content (AvgIpc) is 3.09. The van der Waals surface area contributed by atoms with E-state index in [1.54, 1.807) is 11.3 Å². The van der Waals surface area contributed by atoms with Crippen molar-refractivity contribution in [3.8, 4) is 0 Å². The van der Waals surface area contributed by atoms with Crippen molar-refractivity contribution in [2.45, 2.75) is 38.6 Å². The van der Waals surface area contributed by atoms with Gasteiger partial charge in [-0.15, -0.1) is 11.3 Å². The Morgan fingerprint density at radius 3 is 2.71 bits per heavy atom. The number of thiophene rings is 1. The van der Waals surface area contributed by atoms with Crippen LogP contribution in [0.4, 0.5) is 0 Å². The number of nitrogens with zero attached hydrogens (tertiary/aromatic N) is 2. The van der Waals surface area contributed by atoms with E-state index >= 15 is 0 Å². The molecule has 1 saturated heterocycles. The summed E-state index contributed by atoms with van der Waals surface area (Å²) in [6.07, 6.45) is 4.34. The molecular formula is C15H19BrN2O2S. The molecule has 1 aliphatic carbocycles. The molecule has 1 spiro atoms. The SMILES string of the molecule is CN(Cc1csc(Br)c1)CN1C(=O)CC2(CCCC2)C1=O. The van der Waals surface area contributed by atoms with Crippen LogP contribution in [0.1, 0.15) is 37.7 Å². The molecule has 2 fully saturated rings. The first-order valence-corrected chi connectivity index (χ1v) is 8.94. The molecule has 3 rings (SSSR count). The van der Waals surface area contributed by atoms with E-state index in [2.05, 4.69) is 27.4 Å². The molecular weight excluding hydrogens is 352 g/mol. The summed E-state index contributed by atoms with van der Waals surface area (Å²) in [5, 5.41) is 2.09. The van der Waals surface area contributed by atoms with Gasteiger partial charge in [-0.1, -0.05) is 12.8 Å². The number of halogens is 1. The van der Waals surface area contributed by atoms with Gasteiger partial charge in [0.25, 0.3) is 0 Å². The average molecular weight is 371 g/mol. The molecule has 1 aromatic heterocycles. The summed E-state index contributed by atoms with van der Waals surface area (Å²) >= 11 is 5.10. The topological polar surface area (TPSA) is 40.6 Å². The number of rotatable bonds is 4. The standard InChI is InChI=1S/C15H19BrN2O2S/c1-17(8-11-6-12(16)21-9-11)10-18-13(19)7-15(14(18)20)4-2-3-5-15/h6,9H,2-5,7-8,10H2,1H3. The predicted octanol–water partition coefficient (Wildman–Crippen LogP) is 3.22. The first-order chi connectivity index (χ1) is 10.00. The molecule has 0 aromatic carbocycles. The highest BCUT2D eigenvalue weighted by Gasteiger charge is 2.52. The van der Waals surface area contributed by atoms with E-state index in [0.717, 1.165) is 36.0 Å². The van der Waals surface area contributed by atoms with E-state index in [-0.39, 0.29) is 17.2 Å². The highest BCUT2D eigenvalue weighted by Crippen LogP contribution is 2.46. The third-order valence-electron chi connectivity index (χ3n) is 4.51. The maximum absolute atomic E-state index is 12.6. The van der Waals surface area contributed by atoms with Crippen molar-refractivity contribution in [2.24, 2.45) is 5.41 Å². The van der Waals surface area contributed by atoms with Gasteiger partial charge in [0.1, 0.15) is 0 Å². The van der Waals surface area contributed by atoms with Crippen LogP contribution in [0.15, 0.2) is 15.2 Å². The molecule has 2 aliphatic rings. The maximum atomic E-state index is 12.6. The van der Waals surface area contributed by atoms with E-state index in [0.29, 0.717) is 13.1 Å². The molecule has 0 atom stereocenters. The van der Waals surface area contributed by atoms with E-state index in [1.807, 2.05) is 11.9 Å². The quantitative estimate of drug-likeness (QED) is 0.764. The third-order valence-corrected chi connectivity index (χ3v) is 6.06. The smallest absolute Gasteiger partial charge is 0.237 e. The highest BCUT2D eigenvalue weighted by atomic mass is 79.9. The minimum absolute atomic E-state index is 0.000231. The zero-order valence-electron chi connectivity index (χ0n) is 12.1. The number of likely N-dealkylation sites (tertiary alicyclic amines) is 1. The number of carbonyl (C=O) groups excluding carboxylic acids is 2. The summed E-state index contributed by atoms with van der Waals surface area (Å²) in [6, 6.07) is 2.08. The Balaban J connectivity index is 1.64. The monoisotopic (exact) mass is 370 g/mol. The van der Waals surface area contributed by atoms with Crippen LogP contribution in [-0.4, -0.2) is 35.3 Å². The highest BCUT2D eigenvalue weighted by molar-refractivity contribution is 9.11. The molecule has 21 heavy (non-hydrogen) atoms.